The lowest BCUT2D eigenvalue weighted by molar-refractivity contribution is 0.215. The van der Waals surface area contributed by atoms with Crippen LogP contribution in [-0.2, 0) is 6.54 Å². The normalized spacial score (nSPS) is 16.3. The summed E-state index contributed by atoms with van der Waals surface area (Å²) >= 11 is 0. The number of nitrogens with zero attached hydrogens (tertiary/aromatic N) is 4. The van der Waals surface area contributed by atoms with Crippen molar-refractivity contribution in [3.05, 3.63) is 60.1 Å². The molecule has 0 spiro atoms. The van der Waals surface area contributed by atoms with Gasteiger partial charge in [-0.15, -0.1) is 10.2 Å². The highest BCUT2D eigenvalue weighted by atomic mass is 16.5. The molecule has 0 radical (unpaired) electrons. The van der Waals surface area contributed by atoms with Crippen molar-refractivity contribution in [1.29, 1.82) is 0 Å². The summed E-state index contributed by atoms with van der Waals surface area (Å²) in [7, 11) is 4.86. The zero-order valence-electron chi connectivity index (χ0n) is 18.9. The second kappa shape index (κ2) is 9.07. The van der Waals surface area contributed by atoms with E-state index >= 15 is 0 Å². The van der Waals surface area contributed by atoms with Gasteiger partial charge < -0.3 is 18.6 Å². The fourth-order valence-electron chi connectivity index (χ4n) is 4.51. The van der Waals surface area contributed by atoms with Crippen LogP contribution in [-0.4, -0.2) is 48.0 Å². The Morgan fingerprint density at radius 2 is 1.79 bits per heavy atom. The number of ether oxygens (including phenoxy) is 3. The lowest BCUT2D eigenvalue weighted by Gasteiger charge is -2.22. The first kappa shape index (κ1) is 21.2. The van der Waals surface area contributed by atoms with Crippen LogP contribution >= 0.6 is 0 Å². The number of benzene rings is 2. The molecule has 0 N–H and O–H groups in total. The third-order valence-corrected chi connectivity index (χ3v) is 6.08. The summed E-state index contributed by atoms with van der Waals surface area (Å²) in [6.07, 6.45) is 3.78. The van der Waals surface area contributed by atoms with Gasteiger partial charge in [0, 0.05) is 18.1 Å². The summed E-state index contributed by atoms with van der Waals surface area (Å²) in [6, 6.07) is 14.0. The first-order valence-electron chi connectivity index (χ1n) is 10.9. The first-order valence-corrected chi connectivity index (χ1v) is 10.9. The Bertz CT molecular complexity index is 1240. The fourth-order valence-corrected chi connectivity index (χ4v) is 4.51. The van der Waals surface area contributed by atoms with Gasteiger partial charge in [-0.2, -0.15) is 0 Å². The van der Waals surface area contributed by atoms with Crippen molar-refractivity contribution in [3.8, 4) is 28.8 Å². The Labute approximate surface area is 192 Å². The highest BCUT2D eigenvalue weighted by Crippen LogP contribution is 2.40. The molecule has 4 aromatic rings. The van der Waals surface area contributed by atoms with E-state index in [-0.39, 0.29) is 6.04 Å². The van der Waals surface area contributed by atoms with Gasteiger partial charge >= 0.3 is 0 Å². The molecule has 1 saturated heterocycles. The van der Waals surface area contributed by atoms with Gasteiger partial charge in [0.1, 0.15) is 5.69 Å². The molecule has 2 aromatic heterocycles. The zero-order chi connectivity index (χ0) is 22.8. The zero-order valence-corrected chi connectivity index (χ0v) is 18.9. The number of hydrogen-bond acceptors (Lipinski definition) is 8. The lowest BCUT2D eigenvalue weighted by atomic mass is 10.1. The van der Waals surface area contributed by atoms with Crippen LogP contribution in [0.2, 0.25) is 0 Å². The Morgan fingerprint density at radius 3 is 2.55 bits per heavy atom. The maximum Gasteiger partial charge on any atom is 0.266 e. The molecule has 5 rings (SSSR count). The highest BCUT2D eigenvalue weighted by Gasteiger charge is 2.31. The number of methoxy groups -OCH3 is 3. The van der Waals surface area contributed by atoms with Crippen LogP contribution in [0.4, 0.5) is 0 Å². The van der Waals surface area contributed by atoms with Gasteiger partial charge in [-0.25, -0.2) is 0 Å². The third kappa shape index (κ3) is 3.98. The molecule has 0 saturated carbocycles. The van der Waals surface area contributed by atoms with Gasteiger partial charge in [0.2, 0.25) is 11.6 Å². The Hall–Kier alpha value is -3.65. The molecular formula is C25H26N4O4. The van der Waals surface area contributed by atoms with E-state index in [0.717, 1.165) is 35.7 Å². The molecular weight excluding hydrogens is 420 g/mol. The van der Waals surface area contributed by atoms with E-state index < -0.39 is 0 Å². The predicted octanol–water partition coefficient (Wildman–Crippen LogP) is 4.65. The molecule has 1 aliphatic heterocycles. The minimum absolute atomic E-state index is 0.0420. The fraction of sp³-hybridized carbons (Fsp3) is 0.320. The molecule has 170 valence electrons. The lowest BCUT2D eigenvalue weighted by Crippen LogP contribution is -2.23. The Morgan fingerprint density at radius 1 is 1.00 bits per heavy atom. The smallest absolute Gasteiger partial charge is 0.266 e. The van der Waals surface area contributed by atoms with E-state index in [1.807, 2.05) is 42.5 Å². The molecule has 2 aromatic carbocycles. The van der Waals surface area contributed by atoms with Gasteiger partial charge in [-0.3, -0.25) is 9.88 Å². The monoisotopic (exact) mass is 446 g/mol. The van der Waals surface area contributed by atoms with Gasteiger partial charge in [0.25, 0.3) is 5.89 Å². The third-order valence-electron chi connectivity index (χ3n) is 6.08. The van der Waals surface area contributed by atoms with Gasteiger partial charge in [-0.1, -0.05) is 24.3 Å². The number of pyridine rings is 1. The molecule has 33 heavy (non-hydrogen) atoms. The second-order valence-corrected chi connectivity index (χ2v) is 7.99. The van der Waals surface area contributed by atoms with Crippen molar-refractivity contribution in [2.24, 2.45) is 0 Å². The molecule has 1 aliphatic rings. The maximum atomic E-state index is 6.16. The first-order chi connectivity index (χ1) is 16.2. The SMILES string of the molecule is COc1cc(CN2CCC[C@H]2c2nnc(-c3nccc4ccccc34)o2)cc(OC)c1OC. The van der Waals surface area contributed by atoms with Crippen molar-refractivity contribution in [3.63, 3.8) is 0 Å². The number of likely N-dealkylation sites (tertiary alicyclic amines) is 1. The summed E-state index contributed by atoms with van der Waals surface area (Å²) in [5.74, 6) is 2.94. The Balaban J connectivity index is 1.42. The van der Waals surface area contributed by atoms with E-state index in [1.165, 1.54) is 0 Å². The minimum Gasteiger partial charge on any atom is -0.493 e. The van der Waals surface area contributed by atoms with Crippen LogP contribution in [0.1, 0.15) is 30.3 Å². The number of rotatable bonds is 7. The standard InChI is InChI=1S/C25H26N4O4/c1-30-20-13-16(14-21(31-2)23(20)32-3)15-29-12-6-9-19(29)24-27-28-25(33-24)22-18-8-5-4-7-17(18)10-11-26-22/h4-5,7-8,10-11,13-14,19H,6,9,12,15H2,1-3H3/t19-/m0/s1. The van der Waals surface area contributed by atoms with Crippen molar-refractivity contribution in [2.45, 2.75) is 25.4 Å². The van der Waals surface area contributed by atoms with Gasteiger partial charge in [0.15, 0.2) is 11.5 Å². The van der Waals surface area contributed by atoms with Crippen molar-refractivity contribution < 1.29 is 18.6 Å². The molecule has 8 nitrogen and oxygen atoms in total. The summed E-state index contributed by atoms with van der Waals surface area (Å²) in [5, 5.41) is 10.8. The Kier molecular flexibility index (Phi) is 5.83. The quantitative estimate of drug-likeness (QED) is 0.406. The molecule has 0 aliphatic carbocycles. The van der Waals surface area contributed by atoms with Gasteiger partial charge in [-0.05, 0) is 48.5 Å². The average Bonchev–Trinajstić information content (AvgIpc) is 3.52. The largest absolute Gasteiger partial charge is 0.493 e. The molecule has 3 heterocycles. The van der Waals surface area contributed by atoms with E-state index in [4.69, 9.17) is 18.6 Å². The van der Waals surface area contributed by atoms with E-state index in [0.29, 0.717) is 41.3 Å². The van der Waals surface area contributed by atoms with Crippen LogP contribution < -0.4 is 14.2 Å². The number of hydrogen-bond donors (Lipinski definition) is 0. The van der Waals surface area contributed by atoms with Crippen LogP contribution in [0.25, 0.3) is 22.4 Å². The molecule has 1 fully saturated rings. The van der Waals surface area contributed by atoms with Crippen LogP contribution in [0.5, 0.6) is 17.2 Å². The minimum atomic E-state index is 0.0420. The summed E-state index contributed by atoms with van der Waals surface area (Å²) < 4.78 is 22.6. The van der Waals surface area contributed by atoms with Crippen LogP contribution in [0.15, 0.2) is 53.1 Å². The van der Waals surface area contributed by atoms with Crippen LogP contribution in [0.3, 0.4) is 0 Å². The van der Waals surface area contributed by atoms with Crippen LogP contribution in [0, 0.1) is 0 Å². The van der Waals surface area contributed by atoms with Crippen molar-refractivity contribution in [2.75, 3.05) is 27.9 Å². The van der Waals surface area contributed by atoms with E-state index in [1.54, 1.807) is 27.5 Å². The summed E-state index contributed by atoms with van der Waals surface area (Å²) in [6.45, 7) is 1.64. The number of fused-ring (bicyclic) bond motifs is 1. The number of aromatic nitrogens is 3. The molecule has 8 heteroatoms. The van der Waals surface area contributed by atoms with Gasteiger partial charge in [0.05, 0.1) is 27.4 Å². The second-order valence-electron chi connectivity index (χ2n) is 7.99. The molecule has 0 bridgehead atoms. The highest BCUT2D eigenvalue weighted by molar-refractivity contribution is 5.92. The van der Waals surface area contributed by atoms with Crippen molar-refractivity contribution in [1.82, 2.24) is 20.1 Å². The van der Waals surface area contributed by atoms with Crippen molar-refractivity contribution >= 4 is 10.8 Å². The molecule has 0 amide bonds. The maximum absolute atomic E-state index is 6.16. The molecule has 0 unspecified atom stereocenters. The van der Waals surface area contributed by atoms with E-state index in [2.05, 4.69) is 20.1 Å². The molecule has 1 atom stereocenters. The van der Waals surface area contributed by atoms with E-state index in [9.17, 15) is 0 Å². The summed E-state index contributed by atoms with van der Waals surface area (Å²) in [5.41, 5.74) is 1.77. The summed E-state index contributed by atoms with van der Waals surface area (Å²) in [4.78, 5) is 6.85. The topological polar surface area (TPSA) is 82.7 Å². The average molecular weight is 447 g/mol. The predicted molar refractivity (Wildman–Crippen MR) is 124 cm³/mol.